The number of nitrogens with zero attached hydrogens (tertiary/aromatic N) is 6. The van der Waals surface area contributed by atoms with E-state index < -0.39 is 0 Å². The van der Waals surface area contributed by atoms with E-state index in [1.807, 2.05) is 30.5 Å². The van der Waals surface area contributed by atoms with Gasteiger partial charge < -0.3 is 15.0 Å². The predicted molar refractivity (Wildman–Crippen MR) is 116 cm³/mol. The van der Waals surface area contributed by atoms with Crippen LogP contribution in [0.3, 0.4) is 0 Å². The molecule has 1 aromatic carbocycles. The van der Waals surface area contributed by atoms with Crippen LogP contribution in [0, 0.1) is 13.8 Å². The highest BCUT2D eigenvalue weighted by atomic mass is 16.5. The molecule has 0 aliphatic carbocycles. The van der Waals surface area contributed by atoms with Gasteiger partial charge in [-0.2, -0.15) is 4.52 Å². The third-order valence-corrected chi connectivity index (χ3v) is 5.69. The van der Waals surface area contributed by atoms with Crippen molar-refractivity contribution >= 4 is 22.8 Å². The van der Waals surface area contributed by atoms with Crippen molar-refractivity contribution in [3.05, 3.63) is 65.2 Å². The molecule has 4 aromatic rings. The van der Waals surface area contributed by atoms with Crippen molar-refractivity contribution in [3.8, 4) is 5.75 Å². The molecule has 5 rings (SSSR count). The van der Waals surface area contributed by atoms with Crippen LogP contribution in [0.15, 0.2) is 42.9 Å². The number of ether oxygens (including phenoxy) is 1. The highest BCUT2D eigenvalue weighted by Gasteiger charge is 2.22. The number of nitrogens with one attached hydrogen (secondary N) is 1. The van der Waals surface area contributed by atoms with Gasteiger partial charge in [0.25, 0.3) is 0 Å². The summed E-state index contributed by atoms with van der Waals surface area (Å²) in [5, 5.41) is 16.4. The summed E-state index contributed by atoms with van der Waals surface area (Å²) in [6.07, 6.45) is 4.42. The summed E-state index contributed by atoms with van der Waals surface area (Å²) >= 11 is 0. The molecule has 0 saturated heterocycles. The lowest BCUT2D eigenvalue weighted by molar-refractivity contribution is 0.417. The second-order valence-electron chi connectivity index (χ2n) is 7.50. The number of hydrogen-bond donors (Lipinski definition) is 1. The van der Waals surface area contributed by atoms with Gasteiger partial charge in [0, 0.05) is 36.3 Å². The van der Waals surface area contributed by atoms with Gasteiger partial charge in [-0.15, -0.1) is 15.3 Å². The topological polar surface area (TPSA) is 80.5 Å². The molecule has 1 aliphatic rings. The van der Waals surface area contributed by atoms with Crippen molar-refractivity contribution in [2.24, 2.45) is 0 Å². The maximum atomic E-state index is 5.45. The van der Waals surface area contributed by atoms with E-state index in [9.17, 15) is 0 Å². The highest BCUT2D eigenvalue weighted by Crippen LogP contribution is 2.31. The summed E-state index contributed by atoms with van der Waals surface area (Å²) in [4.78, 5) is 7.01. The number of aromatic nitrogens is 5. The Hall–Kier alpha value is -3.68. The molecule has 3 aromatic heterocycles. The molecule has 1 N–H and O–H groups in total. The lowest BCUT2D eigenvalue weighted by Gasteiger charge is -2.30. The molecule has 0 atom stereocenters. The molecule has 0 amide bonds. The molecule has 152 valence electrons. The quantitative estimate of drug-likeness (QED) is 0.561. The Bertz CT molecular complexity index is 1230. The van der Waals surface area contributed by atoms with Crippen molar-refractivity contribution in [2.45, 2.75) is 26.8 Å². The smallest absolute Gasteiger partial charge is 0.180 e. The third kappa shape index (κ3) is 3.10. The molecule has 4 heterocycles. The fourth-order valence-corrected chi connectivity index (χ4v) is 3.94. The fraction of sp³-hybridized carbons (Fsp3) is 0.273. The van der Waals surface area contributed by atoms with Crippen LogP contribution in [0.4, 0.5) is 17.2 Å². The SMILES string of the molecule is COc1ccccc1Nc1cnc2c(c1)CN(c1nn3cnnc3c(C)c1C)CC2. The number of rotatable bonds is 4. The number of hydrogen-bond acceptors (Lipinski definition) is 7. The van der Waals surface area contributed by atoms with Crippen LogP contribution < -0.4 is 15.0 Å². The fourth-order valence-electron chi connectivity index (χ4n) is 3.94. The summed E-state index contributed by atoms with van der Waals surface area (Å²) in [5.74, 6) is 1.77. The Labute approximate surface area is 174 Å². The molecule has 1 aliphatic heterocycles. The van der Waals surface area contributed by atoms with Gasteiger partial charge >= 0.3 is 0 Å². The minimum Gasteiger partial charge on any atom is -0.495 e. The van der Waals surface area contributed by atoms with Gasteiger partial charge in [-0.3, -0.25) is 4.98 Å². The zero-order valence-corrected chi connectivity index (χ0v) is 17.3. The Balaban J connectivity index is 1.45. The number of pyridine rings is 1. The van der Waals surface area contributed by atoms with E-state index in [1.165, 1.54) is 5.56 Å². The van der Waals surface area contributed by atoms with E-state index in [4.69, 9.17) is 14.8 Å². The zero-order valence-electron chi connectivity index (χ0n) is 17.3. The zero-order chi connectivity index (χ0) is 20.7. The minimum atomic E-state index is 0.755. The molecule has 0 saturated carbocycles. The first-order valence-corrected chi connectivity index (χ1v) is 9.94. The first kappa shape index (κ1) is 18.4. The van der Waals surface area contributed by atoms with E-state index >= 15 is 0 Å². The van der Waals surface area contributed by atoms with Crippen LogP contribution in [-0.4, -0.2) is 38.4 Å². The number of anilines is 3. The summed E-state index contributed by atoms with van der Waals surface area (Å²) < 4.78 is 7.20. The summed E-state index contributed by atoms with van der Waals surface area (Å²) in [5.41, 5.74) is 7.23. The molecular weight excluding hydrogens is 378 g/mol. The van der Waals surface area contributed by atoms with Crippen molar-refractivity contribution in [2.75, 3.05) is 23.9 Å². The number of fused-ring (bicyclic) bond motifs is 2. The molecule has 0 bridgehead atoms. The number of aryl methyl sites for hydroxylation is 1. The molecule has 30 heavy (non-hydrogen) atoms. The Kier molecular flexibility index (Phi) is 4.46. The average molecular weight is 401 g/mol. The van der Waals surface area contributed by atoms with Gasteiger partial charge in [0.05, 0.1) is 24.7 Å². The first-order chi connectivity index (χ1) is 14.6. The van der Waals surface area contributed by atoms with Crippen LogP contribution in [0.25, 0.3) is 5.65 Å². The molecule has 0 unspecified atom stereocenters. The van der Waals surface area contributed by atoms with Crippen molar-refractivity contribution in [1.82, 2.24) is 24.8 Å². The lowest BCUT2D eigenvalue weighted by Crippen LogP contribution is -2.32. The summed E-state index contributed by atoms with van der Waals surface area (Å²) in [6, 6.07) is 10.0. The van der Waals surface area contributed by atoms with Crippen LogP contribution in [0.5, 0.6) is 5.75 Å². The van der Waals surface area contributed by atoms with E-state index in [2.05, 4.69) is 40.3 Å². The monoisotopic (exact) mass is 401 g/mol. The number of benzene rings is 1. The first-order valence-electron chi connectivity index (χ1n) is 9.94. The maximum Gasteiger partial charge on any atom is 0.180 e. The Morgan fingerprint density at radius 3 is 2.87 bits per heavy atom. The molecule has 8 nitrogen and oxygen atoms in total. The number of methoxy groups -OCH3 is 1. The van der Waals surface area contributed by atoms with E-state index in [-0.39, 0.29) is 0 Å². The Morgan fingerprint density at radius 2 is 2.00 bits per heavy atom. The molecule has 8 heteroatoms. The maximum absolute atomic E-state index is 5.45. The van der Waals surface area contributed by atoms with Gasteiger partial charge in [0.2, 0.25) is 0 Å². The minimum absolute atomic E-state index is 0.755. The number of para-hydroxylation sites is 2. The van der Waals surface area contributed by atoms with E-state index in [0.717, 1.165) is 64.9 Å². The van der Waals surface area contributed by atoms with E-state index in [1.54, 1.807) is 18.0 Å². The van der Waals surface area contributed by atoms with Crippen molar-refractivity contribution < 1.29 is 4.74 Å². The van der Waals surface area contributed by atoms with Gasteiger partial charge in [0.15, 0.2) is 11.5 Å². The van der Waals surface area contributed by atoms with Crippen LogP contribution in [-0.2, 0) is 13.0 Å². The second-order valence-corrected chi connectivity index (χ2v) is 7.50. The third-order valence-electron chi connectivity index (χ3n) is 5.69. The summed E-state index contributed by atoms with van der Waals surface area (Å²) in [7, 11) is 1.67. The van der Waals surface area contributed by atoms with Crippen LogP contribution in [0.1, 0.15) is 22.4 Å². The highest BCUT2D eigenvalue weighted by molar-refractivity contribution is 5.66. The van der Waals surface area contributed by atoms with Crippen LogP contribution in [0.2, 0.25) is 0 Å². The largest absolute Gasteiger partial charge is 0.495 e. The van der Waals surface area contributed by atoms with Gasteiger partial charge in [-0.25, -0.2) is 0 Å². The Morgan fingerprint density at radius 1 is 1.13 bits per heavy atom. The second kappa shape index (κ2) is 7.29. The van der Waals surface area contributed by atoms with Gasteiger partial charge in [0.1, 0.15) is 12.1 Å². The lowest BCUT2D eigenvalue weighted by atomic mass is 10.0. The predicted octanol–water partition coefficient (Wildman–Crippen LogP) is 3.45. The van der Waals surface area contributed by atoms with Crippen molar-refractivity contribution in [3.63, 3.8) is 0 Å². The standard InChI is InChI=1S/C22H23N7O/c1-14-15(2)22(27-29-13-24-26-21(14)29)28-9-8-18-16(12-28)10-17(11-23-18)25-19-6-4-5-7-20(19)30-3/h4-7,10-11,13,25H,8-9,12H2,1-3H3. The van der Waals surface area contributed by atoms with Gasteiger partial charge in [-0.05, 0) is 37.6 Å². The molecule has 0 fully saturated rings. The normalized spacial score (nSPS) is 13.4. The van der Waals surface area contributed by atoms with E-state index in [0.29, 0.717) is 0 Å². The molecular formula is C22H23N7O. The average Bonchev–Trinajstić information content (AvgIpc) is 3.25. The molecule has 0 spiro atoms. The van der Waals surface area contributed by atoms with Gasteiger partial charge in [-0.1, -0.05) is 12.1 Å². The van der Waals surface area contributed by atoms with Crippen LogP contribution >= 0.6 is 0 Å². The summed E-state index contributed by atoms with van der Waals surface area (Å²) in [6.45, 7) is 5.80. The van der Waals surface area contributed by atoms with Crippen molar-refractivity contribution in [1.29, 1.82) is 0 Å². The molecule has 0 radical (unpaired) electrons.